The van der Waals surface area contributed by atoms with Crippen molar-refractivity contribution in [3.8, 4) is 22.8 Å². The molecule has 1 aromatic heterocycles. The summed E-state index contributed by atoms with van der Waals surface area (Å²) in [4.78, 5) is 4.40. The van der Waals surface area contributed by atoms with E-state index in [-0.39, 0.29) is 0 Å². The van der Waals surface area contributed by atoms with Gasteiger partial charge in [0.2, 0.25) is 5.89 Å². The summed E-state index contributed by atoms with van der Waals surface area (Å²) in [7, 11) is 0. The third-order valence-electron chi connectivity index (χ3n) is 4.06. The summed E-state index contributed by atoms with van der Waals surface area (Å²) in [6.07, 6.45) is 5.89. The summed E-state index contributed by atoms with van der Waals surface area (Å²) >= 11 is 5.91. The van der Waals surface area contributed by atoms with Gasteiger partial charge in [-0.1, -0.05) is 78.4 Å². The highest BCUT2D eigenvalue weighted by Crippen LogP contribution is 2.26. The fraction of sp³-hybridized carbons (Fsp3) is 0. The van der Waals surface area contributed by atoms with Crippen LogP contribution in [0.25, 0.3) is 34.9 Å². The monoisotopic (exact) mass is 357 g/mol. The molecule has 0 fully saturated rings. The van der Waals surface area contributed by atoms with Gasteiger partial charge in [-0.15, -0.1) is 0 Å². The quantitative estimate of drug-likeness (QED) is 0.374. The van der Waals surface area contributed by atoms with E-state index < -0.39 is 0 Å². The number of rotatable bonds is 4. The second-order valence-corrected chi connectivity index (χ2v) is 6.34. The summed E-state index contributed by atoms with van der Waals surface area (Å²) in [5.41, 5.74) is 4.20. The molecule has 126 valence electrons. The van der Waals surface area contributed by atoms with Crippen LogP contribution in [0, 0.1) is 0 Å². The zero-order valence-electron chi connectivity index (χ0n) is 14.0. The smallest absolute Gasteiger partial charge is 0.226 e. The number of hydrogen-bond donors (Lipinski definition) is 0. The molecule has 2 nitrogen and oxygen atoms in total. The molecule has 0 aliphatic heterocycles. The standard InChI is InChI=1S/C23H16ClNO/c24-21-14-10-18(11-15-21)7-6-17-8-12-20(13-9-17)23-25-16-22(26-23)19-4-2-1-3-5-19/h1-16H. The van der Waals surface area contributed by atoms with E-state index in [9.17, 15) is 0 Å². The Hall–Kier alpha value is -3.10. The van der Waals surface area contributed by atoms with Crippen LogP contribution in [-0.4, -0.2) is 4.98 Å². The van der Waals surface area contributed by atoms with Crippen molar-refractivity contribution < 1.29 is 4.42 Å². The van der Waals surface area contributed by atoms with Crippen LogP contribution in [0.1, 0.15) is 11.1 Å². The molecular formula is C23H16ClNO. The summed E-state index contributed by atoms with van der Waals surface area (Å²) in [6.45, 7) is 0. The molecule has 0 radical (unpaired) electrons. The third-order valence-corrected chi connectivity index (χ3v) is 4.31. The van der Waals surface area contributed by atoms with Gasteiger partial charge in [-0.25, -0.2) is 4.98 Å². The molecule has 4 rings (SSSR count). The largest absolute Gasteiger partial charge is 0.436 e. The van der Waals surface area contributed by atoms with Crippen molar-refractivity contribution in [3.05, 3.63) is 101 Å². The molecule has 0 aliphatic carbocycles. The van der Waals surface area contributed by atoms with Crippen LogP contribution in [0.2, 0.25) is 5.02 Å². The molecule has 0 N–H and O–H groups in total. The molecule has 3 heteroatoms. The second kappa shape index (κ2) is 7.42. The highest BCUT2D eigenvalue weighted by Gasteiger charge is 2.07. The fourth-order valence-electron chi connectivity index (χ4n) is 2.65. The van der Waals surface area contributed by atoms with E-state index in [2.05, 4.69) is 17.1 Å². The van der Waals surface area contributed by atoms with Gasteiger partial charge in [-0.2, -0.15) is 0 Å². The van der Waals surface area contributed by atoms with Gasteiger partial charge in [0.05, 0.1) is 6.20 Å². The summed E-state index contributed by atoms with van der Waals surface area (Å²) in [6, 6.07) is 25.9. The van der Waals surface area contributed by atoms with Crippen molar-refractivity contribution in [1.29, 1.82) is 0 Å². The van der Waals surface area contributed by atoms with Gasteiger partial charge in [0, 0.05) is 16.1 Å². The van der Waals surface area contributed by atoms with Crippen LogP contribution >= 0.6 is 11.6 Å². The maximum absolute atomic E-state index is 5.91. The molecule has 1 heterocycles. The van der Waals surface area contributed by atoms with Gasteiger partial charge in [-0.3, -0.25) is 0 Å². The molecule has 0 bridgehead atoms. The highest BCUT2D eigenvalue weighted by molar-refractivity contribution is 6.30. The van der Waals surface area contributed by atoms with Crippen LogP contribution in [-0.2, 0) is 0 Å². The van der Waals surface area contributed by atoms with Gasteiger partial charge in [0.1, 0.15) is 0 Å². The van der Waals surface area contributed by atoms with Crippen molar-refractivity contribution in [2.24, 2.45) is 0 Å². The van der Waals surface area contributed by atoms with E-state index in [4.69, 9.17) is 16.0 Å². The number of benzene rings is 3. The topological polar surface area (TPSA) is 26.0 Å². The molecule has 26 heavy (non-hydrogen) atoms. The fourth-order valence-corrected chi connectivity index (χ4v) is 2.77. The third kappa shape index (κ3) is 3.76. The molecule has 4 aromatic rings. The second-order valence-electron chi connectivity index (χ2n) is 5.90. The number of halogens is 1. The zero-order valence-corrected chi connectivity index (χ0v) is 14.7. The van der Waals surface area contributed by atoms with E-state index in [0.717, 1.165) is 33.0 Å². The van der Waals surface area contributed by atoms with Crippen molar-refractivity contribution in [2.75, 3.05) is 0 Å². The Morgan fingerprint density at radius 2 is 1.31 bits per heavy atom. The van der Waals surface area contributed by atoms with Gasteiger partial charge in [0.15, 0.2) is 5.76 Å². The Morgan fingerprint density at radius 3 is 1.96 bits per heavy atom. The number of aromatic nitrogens is 1. The molecule has 0 saturated carbocycles. The maximum atomic E-state index is 5.91. The molecule has 3 aromatic carbocycles. The predicted octanol–water partition coefficient (Wildman–Crippen LogP) is 6.83. The molecule has 0 amide bonds. The Bertz CT molecular complexity index is 1020. The lowest BCUT2D eigenvalue weighted by molar-refractivity contribution is 0.589. The SMILES string of the molecule is Clc1ccc(C=Cc2ccc(-c3ncc(-c4ccccc4)o3)cc2)cc1. The predicted molar refractivity (Wildman–Crippen MR) is 108 cm³/mol. The van der Waals surface area contributed by atoms with E-state index >= 15 is 0 Å². The molecular weight excluding hydrogens is 342 g/mol. The van der Waals surface area contributed by atoms with Gasteiger partial charge in [0.25, 0.3) is 0 Å². The lowest BCUT2D eigenvalue weighted by atomic mass is 10.1. The summed E-state index contributed by atoms with van der Waals surface area (Å²) < 4.78 is 5.89. The first-order valence-electron chi connectivity index (χ1n) is 8.33. The average Bonchev–Trinajstić information content (AvgIpc) is 3.19. The molecule has 0 atom stereocenters. The van der Waals surface area contributed by atoms with Crippen LogP contribution in [0.5, 0.6) is 0 Å². The van der Waals surface area contributed by atoms with Crippen molar-refractivity contribution >= 4 is 23.8 Å². The zero-order chi connectivity index (χ0) is 17.8. The molecule has 0 aliphatic rings. The van der Waals surface area contributed by atoms with E-state index in [0.29, 0.717) is 5.89 Å². The first-order valence-corrected chi connectivity index (χ1v) is 8.71. The van der Waals surface area contributed by atoms with Gasteiger partial charge in [-0.05, 0) is 35.4 Å². The minimum atomic E-state index is 0.622. The lowest BCUT2D eigenvalue weighted by Gasteiger charge is -1.99. The molecule has 0 spiro atoms. The lowest BCUT2D eigenvalue weighted by Crippen LogP contribution is -1.78. The van der Waals surface area contributed by atoms with Crippen molar-refractivity contribution in [2.45, 2.75) is 0 Å². The van der Waals surface area contributed by atoms with Crippen LogP contribution in [0.3, 0.4) is 0 Å². The Kier molecular flexibility index (Phi) is 4.67. The normalized spacial score (nSPS) is 11.1. The van der Waals surface area contributed by atoms with Gasteiger partial charge >= 0.3 is 0 Å². The average molecular weight is 358 g/mol. The van der Waals surface area contributed by atoms with Crippen molar-refractivity contribution in [3.63, 3.8) is 0 Å². The van der Waals surface area contributed by atoms with Crippen LogP contribution in [0.15, 0.2) is 89.5 Å². The van der Waals surface area contributed by atoms with Crippen molar-refractivity contribution in [1.82, 2.24) is 4.98 Å². The van der Waals surface area contributed by atoms with E-state index in [1.165, 1.54) is 0 Å². The Labute approximate surface area is 157 Å². The number of oxazole rings is 1. The summed E-state index contributed by atoms with van der Waals surface area (Å²) in [5, 5.41) is 0.743. The Balaban J connectivity index is 1.51. The number of nitrogens with zero attached hydrogens (tertiary/aromatic N) is 1. The Morgan fingerprint density at radius 1 is 0.692 bits per heavy atom. The van der Waals surface area contributed by atoms with Crippen LogP contribution in [0.4, 0.5) is 0 Å². The molecule has 0 saturated heterocycles. The summed E-state index contributed by atoms with van der Waals surface area (Å²) in [5.74, 6) is 1.39. The van der Waals surface area contributed by atoms with E-state index in [1.807, 2.05) is 78.9 Å². The van der Waals surface area contributed by atoms with Gasteiger partial charge < -0.3 is 4.42 Å². The molecule has 0 unspecified atom stereocenters. The number of hydrogen-bond acceptors (Lipinski definition) is 2. The minimum absolute atomic E-state index is 0.622. The van der Waals surface area contributed by atoms with Crippen LogP contribution < -0.4 is 0 Å². The minimum Gasteiger partial charge on any atom is -0.436 e. The van der Waals surface area contributed by atoms with E-state index in [1.54, 1.807) is 6.20 Å². The maximum Gasteiger partial charge on any atom is 0.226 e. The highest BCUT2D eigenvalue weighted by atomic mass is 35.5. The first kappa shape index (κ1) is 16.4. The first-order chi connectivity index (χ1) is 12.8.